The predicted octanol–water partition coefficient (Wildman–Crippen LogP) is 2.75. The highest BCUT2D eigenvalue weighted by molar-refractivity contribution is 5.98. The maximum Gasteiger partial charge on any atom is 0.326 e. The molecule has 2 aliphatic rings. The van der Waals surface area contributed by atoms with Crippen molar-refractivity contribution in [1.82, 2.24) is 15.3 Å². The second-order valence-electron chi connectivity index (χ2n) is 9.68. The van der Waals surface area contributed by atoms with E-state index in [9.17, 15) is 19.5 Å². The number of aryl methyl sites for hydroxylation is 4. The molecule has 2 aromatic rings. The Hall–Kier alpha value is -3.20. The van der Waals surface area contributed by atoms with Crippen LogP contribution in [0.15, 0.2) is 23.0 Å². The number of rotatable bonds is 10. The number of fused-ring (bicyclic) bond motifs is 1. The van der Waals surface area contributed by atoms with E-state index in [1.54, 1.807) is 13.8 Å². The number of carboxylic acids is 1. The number of nitrogens with zero attached hydrogens (tertiary/aromatic N) is 1. The number of hydrogen-bond acceptors (Lipinski definition) is 6. The monoisotopic (exact) mass is 482 g/mol. The molecule has 188 valence electrons. The number of nitrogens with one attached hydrogen (secondary N) is 3. The molecular weight excluding hydrogens is 448 g/mol. The zero-order valence-corrected chi connectivity index (χ0v) is 20.4. The molecule has 9 nitrogen and oxygen atoms in total. The zero-order valence-electron chi connectivity index (χ0n) is 20.4. The minimum absolute atomic E-state index is 0.131. The van der Waals surface area contributed by atoms with Crippen LogP contribution in [0.25, 0.3) is 0 Å². The van der Waals surface area contributed by atoms with Gasteiger partial charge in [-0.25, -0.2) is 9.78 Å². The van der Waals surface area contributed by atoms with Crippen molar-refractivity contribution in [3.8, 4) is 0 Å². The van der Waals surface area contributed by atoms with Crippen LogP contribution in [-0.2, 0) is 22.4 Å². The number of ether oxygens (including phenoxy) is 1. The average molecular weight is 483 g/mol. The lowest BCUT2D eigenvalue weighted by Gasteiger charge is -2.35. The summed E-state index contributed by atoms with van der Waals surface area (Å²) in [4.78, 5) is 43.2. The van der Waals surface area contributed by atoms with Crippen LogP contribution in [0.5, 0.6) is 0 Å². The van der Waals surface area contributed by atoms with Gasteiger partial charge in [0.15, 0.2) is 0 Å². The molecule has 0 radical (unpaired) electrons. The highest BCUT2D eigenvalue weighted by Gasteiger charge is 2.30. The van der Waals surface area contributed by atoms with Crippen LogP contribution in [0.1, 0.15) is 65.0 Å². The fraction of sp³-hybridized carbons (Fsp3) is 0.538. The third kappa shape index (κ3) is 6.28. The molecule has 1 amide bonds. The molecule has 3 heterocycles. The molecule has 1 aliphatic carbocycles. The number of aromatic amines is 1. The first kappa shape index (κ1) is 24.9. The molecule has 0 saturated heterocycles. The van der Waals surface area contributed by atoms with Crippen LogP contribution in [0, 0.1) is 19.8 Å². The van der Waals surface area contributed by atoms with E-state index in [-0.39, 0.29) is 24.7 Å². The number of hydrogen-bond donors (Lipinski definition) is 4. The molecule has 1 aliphatic heterocycles. The Balaban J connectivity index is 1.18. The van der Waals surface area contributed by atoms with E-state index in [1.165, 1.54) is 11.6 Å². The Bertz CT molecular complexity index is 1110. The zero-order chi connectivity index (χ0) is 24.9. The van der Waals surface area contributed by atoms with Gasteiger partial charge in [-0.3, -0.25) is 9.59 Å². The standard InChI is InChI=1S/C26H34N4O5/c1-15-12-22(31)28-16(2)23(15)25(32)30-21(26(33)34)9-11-35-20-13-17(14-20)5-7-19-8-6-18-4-3-10-27-24(18)29-19/h6,8,12,17,20-21H,3-5,7,9-11,13-14H2,1-2H3,(H,27,29)(H,28,31)(H,30,32)(H,33,34). The summed E-state index contributed by atoms with van der Waals surface area (Å²) < 4.78 is 5.88. The van der Waals surface area contributed by atoms with Crippen LogP contribution < -0.4 is 16.2 Å². The molecule has 9 heteroatoms. The first-order chi connectivity index (χ1) is 16.8. The Kier molecular flexibility index (Phi) is 7.85. The molecule has 0 spiro atoms. The molecule has 1 atom stereocenters. The van der Waals surface area contributed by atoms with Crippen LogP contribution in [0.3, 0.4) is 0 Å². The Morgan fingerprint density at radius 2 is 2.09 bits per heavy atom. The first-order valence-electron chi connectivity index (χ1n) is 12.4. The van der Waals surface area contributed by atoms with E-state index >= 15 is 0 Å². The lowest BCUT2D eigenvalue weighted by Crippen LogP contribution is -2.43. The second kappa shape index (κ2) is 11.0. The minimum Gasteiger partial charge on any atom is -0.480 e. The van der Waals surface area contributed by atoms with E-state index in [0.29, 0.717) is 22.7 Å². The van der Waals surface area contributed by atoms with Crippen molar-refractivity contribution in [3.05, 3.63) is 56.6 Å². The van der Waals surface area contributed by atoms with Crippen molar-refractivity contribution in [2.75, 3.05) is 18.5 Å². The first-order valence-corrected chi connectivity index (χ1v) is 12.4. The summed E-state index contributed by atoms with van der Waals surface area (Å²) in [6.45, 7) is 4.52. The van der Waals surface area contributed by atoms with E-state index in [1.807, 2.05) is 0 Å². The lowest BCUT2D eigenvalue weighted by atomic mass is 9.79. The van der Waals surface area contributed by atoms with Crippen molar-refractivity contribution >= 4 is 17.7 Å². The number of pyridine rings is 2. The van der Waals surface area contributed by atoms with Crippen LogP contribution in [0.2, 0.25) is 0 Å². The Morgan fingerprint density at radius 1 is 1.29 bits per heavy atom. The Morgan fingerprint density at radius 3 is 2.83 bits per heavy atom. The van der Waals surface area contributed by atoms with E-state index in [2.05, 4.69) is 27.8 Å². The number of carbonyl (C=O) groups is 2. The highest BCUT2D eigenvalue weighted by atomic mass is 16.5. The van der Waals surface area contributed by atoms with E-state index < -0.39 is 17.9 Å². The van der Waals surface area contributed by atoms with Crippen molar-refractivity contribution in [1.29, 1.82) is 0 Å². The van der Waals surface area contributed by atoms with Gasteiger partial charge in [0.05, 0.1) is 11.7 Å². The van der Waals surface area contributed by atoms with Gasteiger partial charge >= 0.3 is 5.97 Å². The van der Waals surface area contributed by atoms with Crippen LogP contribution >= 0.6 is 0 Å². The van der Waals surface area contributed by atoms with Gasteiger partial charge in [0, 0.05) is 37.0 Å². The maximum atomic E-state index is 12.6. The van der Waals surface area contributed by atoms with Crippen molar-refractivity contribution in [2.45, 2.75) is 70.9 Å². The summed E-state index contributed by atoms with van der Waals surface area (Å²) in [5.41, 5.74) is 3.34. The van der Waals surface area contributed by atoms with Crippen molar-refractivity contribution in [3.63, 3.8) is 0 Å². The number of carboxylic acid groups (broad SMARTS) is 1. The molecule has 4 rings (SSSR count). The molecule has 1 saturated carbocycles. The fourth-order valence-corrected chi connectivity index (χ4v) is 4.94. The summed E-state index contributed by atoms with van der Waals surface area (Å²) in [6, 6.07) is 4.59. The van der Waals surface area contributed by atoms with Gasteiger partial charge in [-0.1, -0.05) is 6.07 Å². The minimum atomic E-state index is -1.11. The number of aliphatic carboxylic acids is 1. The predicted molar refractivity (Wildman–Crippen MR) is 132 cm³/mol. The largest absolute Gasteiger partial charge is 0.480 e. The van der Waals surface area contributed by atoms with E-state index in [4.69, 9.17) is 9.72 Å². The normalized spacial score (nSPS) is 19.7. The van der Waals surface area contributed by atoms with Crippen LogP contribution in [-0.4, -0.2) is 52.2 Å². The second-order valence-corrected chi connectivity index (χ2v) is 9.68. The van der Waals surface area contributed by atoms with Gasteiger partial charge in [0.25, 0.3) is 5.91 Å². The fourth-order valence-electron chi connectivity index (χ4n) is 4.94. The number of H-pyrrole nitrogens is 1. The van der Waals surface area contributed by atoms with E-state index in [0.717, 1.165) is 56.6 Å². The van der Waals surface area contributed by atoms with Gasteiger partial charge in [-0.2, -0.15) is 0 Å². The van der Waals surface area contributed by atoms with Crippen molar-refractivity contribution < 1.29 is 19.4 Å². The number of amides is 1. The lowest BCUT2D eigenvalue weighted by molar-refractivity contribution is -0.140. The third-order valence-corrected chi connectivity index (χ3v) is 6.97. The topological polar surface area (TPSA) is 133 Å². The van der Waals surface area contributed by atoms with Gasteiger partial charge in [0.1, 0.15) is 11.9 Å². The van der Waals surface area contributed by atoms with Gasteiger partial charge in [0.2, 0.25) is 5.56 Å². The third-order valence-electron chi connectivity index (χ3n) is 6.97. The molecular formula is C26H34N4O5. The van der Waals surface area contributed by atoms with Gasteiger partial charge in [-0.05, 0) is 75.5 Å². The molecule has 4 N–H and O–H groups in total. The Labute approximate surface area is 204 Å². The summed E-state index contributed by atoms with van der Waals surface area (Å²) in [5, 5.41) is 15.5. The van der Waals surface area contributed by atoms with Crippen molar-refractivity contribution in [2.24, 2.45) is 5.92 Å². The van der Waals surface area contributed by atoms with Crippen LogP contribution in [0.4, 0.5) is 5.82 Å². The molecule has 2 aromatic heterocycles. The summed E-state index contributed by atoms with van der Waals surface area (Å²) in [5.74, 6) is 0.0000191. The smallest absolute Gasteiger partial charge is 0.326 e. The summed E-state index contributed by atoms with van der Waals surface area (Å²) >= 11 is 0. The summed E-state index contributed by atoms with van der Waals surface area (Å²) in [7, 11) is 0. The SMILES string of the molecule is Cc1cc(=O)[nH]c(C)c1C(=O)NC(CCOC1CC(CCc2ccc3c(n2)NCCC3)C1)C(=O)O. The molecule has 0 bridgehead atoms. The molecule has 0 aromatic carbocycles. The van der Waals surface area contributed by atoms with Gasteiger partial charge in [-0.15, -0.1) is 0 Å². The molecule has 35 heavy (non-hydrogen) atoms. The number of aromatic nitrogens is 2. The summed E-state index contributed by atoms with van der Waals surface area (Å²) in [6.07, 6.45) is 6.50. The number of carbonyl (C=O) groups excluding carboxylic acids is 1. The molecule has 1 unspecified atom stereocenters. The number of anilines is 1. The maximum absolute atomic E-state index is 12.6. The molecule has 1 fully saturated rings. The van der Waals surface area contributed by atoms with Gasteiger partial charge < -0.3 is 25.5 Å². The average Bonchev–Trinajstić information content (AvgIpc) is 2.78. The highest BCUT2D eigenvalue weighted by Crippen LogP contribution is 2.34. The quantitative estimate of drug-likeness (QED) is 0.409.